The normalized spacial score (nSPS) is 18.3. The monoisotopic (exact) mass is 315 g/mol. The first-order chi connectivity index (χ1) is 11.0. The fraction of sp³-hybridized carbons (Fsp3) is 0.588. The molecule has 124 valence electrons. The molecule has 1 fully saturated rings. The Labute approximate surface area is 136 Å². The van der Waals surface area contributed by atoms with Crippen LogP contribution in [0.2, 0.25) is 0 Å². The number of hydrogen-bond acceptors (Lipinski definition) is 4. The number of amides is 1. The zero-order valence-electron chi connectivity index (χ0n) is 14.3. The van der Waals surface area contributed by atoms with E-state index in [0.29, 0.717) is 5.56 Å². The van der Waals surface area contributed by atoms with E-state index < -0.39 is 0 Å². The van der Waals surface area contributed by atoms with Crippen LogP contribution in [-0.2, 0) is 0 Å². The standard InChI is InChI=1S/C17H25N5O/c1-11(2)22-16-13(9-19-22)8-15(12(3)20-16)17(23)21-7-5-6-14(21)10-18-4/h8-9,11,14,18H,5-7,10H2,1-4H3. The Morgan fingerprint density at radius 3 is 2.96 bits per heavy atom. The lowest BCUT2D eigenvalue weighted by molar-refractivity contribution is 0.0736. The summed E-state index contributed by atoms with van der Waals surface area (Å²) in [5.41, 5.74) is 2.33. The summed E-state index contributed by atoms with van der Waals surface area (Å²) in [6.07, 6.45) is 3.93. The molecular weight excluding hydrogens is 290 g/mol. The predicted octanol–water partition coefficient (Wildman–Crippen LogP) is 2.14. The molecule has 2 aromatic rings. The molecule has 1 atom stereocenters. The average molecular weight is 315 g/mol. The summed E-state index contributed by atoms with van der Waals surface area (Å²) in [6, 6.07) is 2.47. The Kier molecular flexibility index (Phi) is 4.35. The molecule has 1 amide bonds. The molecule has 1 saturated heterocycles. The third-order valence-corrected chi connectivity index (χ3v) is 4.56. The number of carbonyl (C=O) groups is 1. The van der Waals surface area contributed by atoms with Crippen LogP contribution in [0.15, 0.2) is 12.3 Å². The summed E-state index contributed by atoms with van der Waals surface area (Å²) in [7, 11) is 1.93. The van der Waals surface area contributed by atoms with E-state index in [1.165, 1.54) is 0 Å². The van der Waals surface area contributed by atoms with Gasteiger partial charge in [-0.25, -0.2) is 9.67 Å². The molecule has 0 bridgehead atoms. The first-order valence-corrected chi connectivity index (χ1v) is 8.33. The molecule has 1 unspecified atom stereocenters. The van der Waals surface area contributed by atoms with Crippen LogP contribution in [-0.4, -0.2) is 51.8 Å². The Balaban J connectivity index is 1.96. The molecular formula is C17H25N5O. The molecule has 0 aliphatic carbocycles. The van der Waals surface area contributed by atoms with Gasteiger partial charge in [0.2, 0.25) is 0 Å². The van der Waals surface area contributed by atoms with Crippen LogP contribution < -0.4 is 5.32 Å². The van der Waals surface area contributed by atoms with E-state index >= 15 is 0 Å². The number of likely N-dealkylation sites (N-methyl/N-ethyl adjacent to an activating group) is 1. The number of aryl methyl sites for hydroxylation is 1. The molecule has 0 saturated carbocycles. The summed E-state index contributed by atoms with van der Waals surface area (Å²) in [5, 5.41) is 8.51. The Bertz CT molecular complexity index is 721. The second kappa shape index (κ2) is 6.28. The van der Waals surface area contributed by atoms with E-state index in [9.17, 15) is 4.79 Å². The quantitative estimate of drug-likeness (QED) is 0.939. The highest BCUT2D eigenvalue weighted by atomic mass is 16.2. The zero-order valence-corrected chi connectivity index (χ0v) is 14.3. The molecule has 3 heterocycles. The minimum Gasteiger partial charge on any atom is -0.334 e. The lowest BCUT2D eigenvalue weighted by atomic mass is 10.1. The number of nitrogens with zero attached hydrogens (tertiary/aromatic N) is 4. The van der Waals surface area contributed by atoms with E-state index in [1.807, 2.05) is 29.6 Å². The van der Waals surface area contributed by atoms with Crippen molar-refractivity contribution in [3.05, 3.63) is 23.5 Å². The number of pyridine rings is 1. The predicted molar refractivity (Wildman–Crippen MR) is 90.6 cm³/mol. The van der Waals surface area contributed by atoms with Crippen molar-refractivity contribution in [3.8, 4) is 0 Å². The van der Waals surface area contributed by atoms with Gasteiger partial charge in [-0.2, -0.15) is 5.10 Å². The van der Waals surface area contributed by atoms with Gasteiger partial charge in [-0.05, 0) is 46.7 Å². The van der Waals surface area contributed by atoms with Gasteiger partial charge in [0.05, 0.1) is 17.5 Å². The first kappa shape index (κ1) is 15.9. The van der Waals surface area contributed by atoms with Crippen molar-refractivity contribution >= 4 is 16.9 Å². The molecule has 1 N–H and O–H groups in total. The molecule has 0 radical (unpaired) electrons. The van der Waals surface area contributed by atoms with Gasteiger partial charge in [-0.15, -0.1) is 0 Å². The molecule has 0 aromatic carbocycles. The van der Waals surface area contributed by atoms with Crippen LogP contribution in [0.3, 0.4) is 0 Å². The first-order valence-electron chi connectivity index (χ1n) is 8.33. The summed E-state index contributed by atoms with van der Waals surface area (Å²) in [5.74, 6) is 0.0898. The lowest BCUT2D eigenvalue weighted by Gasteiger charge is -2.25. The van der Waals surface area contributed by atoms with Gasteiger partial charge >= 0.3 is 0 Å². The van der Waals surface area contributed by atoms with Crippen molar-refractivity contribution in [2.75, 3.05) is 20.1 Å². The Morgan fingerprint density at radius 1 is 1.48 bits per heavy atom. The smallest absolute Gasteiger partial charge is 0.256 e. The number of hydrogen-bond donors (Lipinski definition) is 1. The molecule has 23 heavy (non-hydrogen) atoms. The Morgan fingerprint density at radius 2 is 2.26 bits per heavy atom. The van der Waals surface area contributed by atoms with Crippen LogP contribution in [0.25, 0.3) is 11.0 Å². The third-order valence-electron chi connectivity index (χ3n) is 4.56. The maximum atomic E-state index is 13.0. The van der Waals surface area contributed by atoms with Gasteiger partial charge in [-0.3, -0.25) is 4.79 Å². The van der Waals surface area contributed by atoms with Gasteiger partial charge < -0.3 is 10.2 Å². The van der Waals surface area contributed by atoms with Crippen molar-refractivity contribution < 1.29 is 4.79 Å². The number of nitrogens with one attached hydrogen (secondary N) is 1. The van der Waals surface area contributed by atoms with Crippen molar-refractivity contribution in [1.82, 2.24) is 25.0 Å². The summed E-state index contributed by atoms with van der Waals surface area (Å²) < 4.78 is 1.90. The fourth-order valence-electron chi connectivity index (χ4n) is 3.37. The second-order valence-electron chi connectivity index (χ2n) is 6.57. The van der Waals surface area contributed by atoms with Crippen molar-refractivity contribution in [3.63, 3.8) is 0 Å². The largest absolute Gasteiger partial charge is 0.334 e. The zero-order chi connectivity index (χ0) is 16.6. The van der Waals surface area contributed by atoms with Gasteiger partial charge in [0, 0.05) is 30.6 Å². The van der Waals surface area contributed by atoms with E-state index in [0.717, 1.165) is 42.7 Å². The van der Waals surface area contributed by atoms with Crippen LogP contribution in [0.5, 0.6) is 0 Å². The van der Waals surface area contributed by atoms with Crippen molar-refractivity contribution in [2.24, 2.45) is 0 Å². The van der Waals surface area contributed by atoms with Crippen LogP contribution in [0.1, 0.15) is 48.8 Å². The summed E-state index contributed by atoms with van der Waals surface area (Å²) in [6.45, 7) is 7.73. The minimum atomic E-state index is 0.0898. The van der Waals surface area contributed by atoms with Crippen LogP contribution in [0.4, 0.5) is 0 Å². The molecule has 3 rings (SSSR count). The highest BCUT2D eigenvalue weighted by molar-refractivity contribution is 5.98. The number of fused-ring (bicyclic) bond motifs is 1. The highest BCUT2D eigenvalue weighted by Gasteiger charge is 2.30. The number of likely N-dealkylation sites (tertiary alicyclic amines) is 1. The summed E-state index contributed by atoms with van der Waals surface area (Å²) >= 11 is 0. The van der Waals surface area contributed by atoms with Crippen LogP contribution in [0, 0.1) is 6.92 Å². The molecule has 1 aliphatic rings. The number of rotatable bonds is 4. The van der Waals surface area contributed by atoms with Crippen LogP contribution >= 0.6 is 0 Å². The molecule has 6 heteroatoms. The van der Waals surface area contributed by atoms with Crippen molar-refractivity contribution in [1.29, 1.82) is 0 Å². The highest BCUT2D eigenvalue weighted by Crippen LogP contribution is 2.24. The van der Waals surface area contributed by atoms with Crippen molar-refractivity contribution in [2.45, 2.75) is 45.7 Å². The van der Waals surface area contributed by atoms with Gasteiger partial charge in [0.25, 0.3) is 5.91 Å². The van der Waals surface area contributed by atoms with Gasteiger partial charge in [0.15, 0.2) is 5.65 Å². The van der Waals surface area contributed by atoms with E-state index in [2.05, 4.69) is 29.2 Å². The maximum absolute atomic E-state index is 13.0. The average Bonchev–Trinajstić information content (AvgIpc) is 3.12. The summed E-state index contributed by atoms with van der Waals surface area (Å²) in [4.78, 5) is 19.6. The minimum absolute atomic E-state index is 0.0898. The number of aromatic nitrogens is 3. The third kappa shape index (κ3) is 2.83. The molecule has 2 aromatic heterocycles. The fourth-order valence-corrected chi connectivity index (χ4v) is 3.37. The molecule has 6 nitrogen and oxygen atoms in total. The Hall–Kier alpha value is -1.95. The maximum Gasteiger partial charge on any atom is 0.256 e. The van der Waals surface area contributed by atoms with E-state index in [4.69, 9.17) is 0 Å². The van der Waals surface area contributed by atoms with Gasteiger partial charge in [-0.1, -0.05) is 0 Å². The lowest BCUT2D eigenvalue weighted by Crippen LogP contribution is -2.41. The molecule has 1 aliphatic heterocycles. The van der Waals surface area contributed by atoms with E-state index in [1.54, 1.807) is 6.20 Å². The molecule has 0 spiro atoms. The number of carbonyl (C=O) groups excluding carboxylic acids is 1. The van der Waals surface area contributed by atoms with E-state index in [-0.39, 0.29) is 18.0 Å². The second-order valence-corrected chi connectivity index (χ2v) is 6.57. The SMILES string of the molecule is CNCC1CCCN1C(=O)c1cc2cnn(C(C)C)c2nc1C. The topological polar surface area (TPSA) is 63.1 Å². The van der Waals surface area contributed by atoms with Gasteiger partial charge in [0.1, 0.15) is 0 Å².